The van der Waals surface area contributed by atoms with Crippen molar-refractivity contribution in [1.82, 2.24) is 0 Å². The summed E-state index contributed by atoms with van der Waals surface area (Å²) >= 11 is 0. The third kappa shape index (κ3) is 3.70. The maximum atomic E-state index is 12.9. The van der Waals surface area contributed by atoms with Gasteiger partial charge in [0.2, 0.25) is 0 Å². The Labute approximate surface area is 102 Å². The number of hydrogen-bond donors (Lipinski definition) is 1. The Kier molecular flexibility index (Phi) is 4.95. The Morgan fingerprint density at radius 2 is 1.72 bits per heavy atom. The minimum atomic E-state index is -6.21. The lowest BCUT2D eigenvalue weighted by atomic mass is 10.2. The number of alkyl halides is 4. The van der Waals surface area contributed by atoms with Crippen LogP contribution in [0, 0.1) is 0 Å². The molecule has 0 aliphatic carbocycles. The molecule has 0 aromatic heterocycles. The van der Waals surface area contributed by atoms with Crippen LogP contribution in [0.5, 0.6) is 0 Å². The molecule has 0 fully saturated rings. The SMILES string of the molecule is C=C(C)C(=C)OCCC(F)(F)C(F)(F)S(=O)(=O)O. The third-order valence-electron chi connectivity index (χ3n) is 1.92. The topological polar surface area (TPSA) is 63.6 Å². The number of halogens is 4. The highest BCUT2D eigenvalue weighted by atomic mass is 32.2. The fraction of sp³-hybridized carbons (Fsp3) is 0.556. The van der Waals surface area contributed by atoms with E-state index in [0.717, 1.165) is 0 Å². The van der Waals surface area contributed by atoms with E-state index < -0.39 is 34.3 Å². The van der Waals surface area contributed by atoms with Crippen molar-refractivity contribution >= 4 is 10.1 Å². The molecule has 0 bridgehead atoms. The molecule has 106 valence electrons. The van der Waals surface area contributed by atoms with Gasteiger partial charge >= 0.3 is 21.3 Å². The molecular formula is C9H12F4O4S. The molecule has 0 amide bonds. The van der Waals surface area contributed by atoms with Crippen LogP contribution in [0.25, 0.3) is 0 Å². The van der Waals surface area contributed by atoms with Crippen LogP contribution in [0.4, 0.5) is 17.6 Å². The van der Waals surface area contributed by atoms with Crippen molar-refractivity contribution in [3.63, 3.8) is 0 Å². The first-order valence-electron chi connectivity index (χ1n) is 4.53. The zero-order valence-corrected chi connectivity index (χ0v) is 10.2. The fourth-order valence-electron chi connectivity index (χ4n) is 0.760. The van der Waals surface area contributed by atoms with Crippen molar-refractivity contribution < 1.29 is 35.3 Å². The largest absolute Gasteiger partial charge is 0.494 e. The fourth-order valence-corrected chi connectivity index (χ4v) is 1.24. The summed E-state index contributed by atoms with van der Waals surface area (Å²) in [5, 5.41) is -5.58. The molecule has 18 heavy (non-hydrogen) atoms. The van der Waals surface area contributed by atoms with Gasteiger partial charge in [0.15, 0.2) is 0 Å². The molecule has 0 radical (unpaired) electrons. The molecule has 0 unspecified atom stereocenters. The Hall–Kier alpha value is -1.09. The van der Waals surface area contributed by atoms with Crippen molar-refractivity contribution in [2.75, 3.05) is 6.61 Å². The minimum absolute atomic E-state index is 0.0824. The van der Waals surface area contributed by atoms with Crippen LogP contribution in [-0.2, 0) is 14.9 Å². The van der Waals surface area contributed by atoms with Crippen LogP contribution >= 0.6 is 0 Å². The maximum absolute atomic E-state index is 12.9. The van der Waals surface area contributed by atoms with Gasteiger partial charge in [-0.25, -0.2) is 0 Å². The lowest BCUT2D eigenvalue weighted by Gasteiger charge is -2.23. The first-order valence-corrected chi connectivity index (χ1v) is 5.97. The molecule has 9 heteroatoms. The summed E-state index contributed by atoms with van der Waals surface area (Å²) in [6, 6.07) is 0. The summed E-state index contributed by atoms with van der Waals surface area (Å²) in [6.07, 6.45) is -1.61. The Morgan fingerprint density at radius 3 is 2.06 bits per heavy atom. The van der Waals surface area contributed by atoms with E-state index in [2.05, 4.69) is 17.9 Å². The van der Waals surface area contributed by atoms with Gasteiger partial charge < -0.3 is 4.74 Å². The molecule has 0 spiro atoms. The van der Waals surface area contributed by atoms with E-state index in [0.29, 0.717) is 5.57 Å². The third-order valence-corrected chi connectivity index (χ3v) is 2.86. The lowest BCUT2D eigenvalue weighted by molar-refractivity contribution is -0.169. The number of ether oxygens (including phenoxy) is 1. The second-order valence-corrected chi connectivity index (χ2v) is 4.96. The van der Waals surface area contributed by atoms with Crippen molar-refractivity contribution in [3.05, 3.63) is 24.5 Å². The van der Waals surface area contributed by atoms with Crippen molar-refractivity contribution in [1.29, 1.82) is 0 Å². The first kappa shape index (κ1) is 16.9. The summed E-state index contributed by atoms with van der Waals surface area (Å²) in [5.74, 6) is -5.04. The molecule has 0 aromatic carbocycles. The Morgan fingerprint density at radius 1 is 1.28 bits per heavy atom. The first-order chi connectivity index (χ1) is 7.83. The molecule has 0 aliphatic heterocycles. The standard InChI is InChI=1S/C9H12F4O4S/c1-6(2)7(3)17-5-4-8(10,11)9(12,13)18(14,15)16/h1,3-5H2,2H3,(H,14,15,16). The highest BCUT2D eigenvalue weighted by Crippen LogP contribution is 2.40. The predicted molar refractivity (Wildman–Crippen MR) is 56.0 cm³/mol. The molecule has 4 nitrogen and oxygen atoms in total. The molecular weight excluding hydrogens is 280 g/mol. The lowest BCUT2D eigenvalue weighted by Crippen LogP contribution is -2.47. The summed E-state index contributed by atoms with van der Waals surface area (Å²) in [4.78, 5) is 0. The Bertz CT molecular complexity index is 441. The average Bonchev–Trinajstić information content (AvgIpc) is 2.14. The van der Waals surface area contributed by atoms with Crippen LogP contribution in [0.3, 0.4) is 0 Å². The molecule has 1 N–H and O–H groups in total. The van der Waals surface area contributed by atoms with E-state index in [1.165, 1.54) is 6.92 Å². The molecule has 0 aliphatic rings. The minimum Gasteiger partial charge on any atom is -0.494 e. The molecule has 0 saturated heterocycles. The van der Waals surface area contributed by atoms with E-state index >= 15 is 0 Å². The van der Waals surface area contributed by atoms with Crippen molar-refractivity contribution in [2.45, 2.75) is 24.5 Å². The molecule has 0 heterocycles. The van der Waals surface area contributed by atoms with Crippen LogP contribution in [0.2, 0.25) is 0 Å². The van der Waals surface area contributed by atoms with Gasteiger partial charge in [-0.2, -0.15) is 26.0 Å². The smallest absolute Gasteiger partial charge is 0.431 e. The maximum Gasteiger partial charge on any atom is 0.431 e. The van der Waals surface area contributed by atoms with Gasteiger partial charge in [0.1, 0.15) is 5.76 Å². The Balaban J connectivity index is 4.69. The number of allylic oxidation sites excluding steroid dienone is 1. The van der Waals surface area contributed by atoms with E-state index in [1.54, 1.807) is 0 Å². The molecule has 0 aromatic rings. The van der Waals surface area contributed by atoms with Gasteiger partial charge in [-0.15, -0.1) is 0 Å². The zero-order valence-electron chi connectivity index (χ0n) is 9.42. The van der Waals surface area contributed by atoms with Gasteiger partial charge in [-0.1, -0.05) is 13.2 Å². The van der Waals surface area contributed by atoms with Crippen LogP contribution in [0.15, 0.2) is 24.5 Å². The van der Waals surface area contributed by atoms with Gasteiger partial charge in [0, 0.05) is 0 Å². The highest BCUT2D eigenvalue weighted by molar-refractivity contribution is 7.87. The summed E-state index contributed by atoms with van der Waals surface area (Å²) in [6.45, 7) is 7.18. The van der Waals surface area contributed by atoms with E-state index in [-0.39, 0.29) is 5.76 Å². The summed E-state index contributed by atoms with van der Waals surface area (Å²) in [5.41, 5.74) is 0.305. The van der Waals surface area contributed by atoms with Crippen molar-refractivity contribution in [2.24, 2.45) is 0 Å². The van der Waals surface area contributed by atoms with E-state index in [1.807, 2.05) is 0 Å². The summed E-state index contributed by atoms with van der Waals surface area (Å²) in [7, 11) is -6.21. The van der Waals surface area contributed by atoms with Gasteiger partial charge in [-0.05, 0) is 12.5 Å². The highest BCUT2D eigenvalue weighted by Gasteiger charge is 2.65. The molecule has 0 atom stereocenters. The van der Waals surface area contributed by atoms with E-state index in [9.17, 15) is 26.0 Å². The van der Waals surface area contributed by atoms with Crippen LogP contribution in [0.1, 0.15) is 13.3 Å². The average molecular weight is 292 g/mol. The number of hydrogen-bond acceptors (Lipinski definition) is 3. The summed E-state index contributed by atoms with van der Waals surface area (Å²) < 4.78 is 84.2. The van der Waals surface area contributed by atoms with Crippen LogP contribution in [-0.4, -0.2) is 30.8 Å². The molecule has 0 rings (SSSR count). The second-order valence-electron chi connectivity index (χ2n) is 3.50. The monoisotopic (exact) mass is 292 g/mol. The zero-order chi connectivity index (χ0) is 14.8. The normalized spacial score (nSPS) is 13.2. The second kappa shape index (κ2) is 5.27. The van der Waals surface area contributed by atoms with Crippen molar-refractivity contribution in [3.8, 4) is 0 Å². The van der Waals surface area contributed by atoms with Gasteiger partial charge in [0.05, 0.1) is 13.0 Å². The predicted octanol–water partition coefficient (Wildman–Crippen LogP) is 2.60. The van der Waals surface area contributed by atoms with Gasteiger partial charge in [0.25, 0.3) is 0 Å². The van der Waals surface area contributed by atoms with Crippen LogP contribution < -0.4 is 0 Å². The quantitative estimate of drug-likeness (QED) is 0.339. The number of rotatable bonds is 7. The van der Waals surface area contributed by atoms with E-state index in [4.69, 9.17) is 4.55 Å². The molecule has 0 saturated carbocycles. The van der Waals surface area contributed by atoms with Gasteiger partial charge in [-0.3, -0.25) is 4.55 Å².